The van der Waals surface area contributed by atoms with Gasteiger partial charge in [-0.05, 0) is 39.0 Å². The molecule has 27 heavy (non-hydrogen) atoms. The summed E-state index contributed by atoms with van der Waals surface area (Å²) in [5, 5.41) is 0.275. The van der Waals surface area contributed by atoms with E-state index in [1.807, 2.05) is 25.3 Å². The molecule has 5 nitrogen and oxygen atoms in total. The fourth-order valence-corrected chi connectivity index (χ4v) is 3.73. The van der Waals surface area contributed by atoms with Crippen molar-refractivity contribution < 1.29 is 19.1 Å². The molecule has 1 heterocycles. The first kappa shape index (κ1) is 21.8. The second-order valence-electron chi connectivity index (χ2n) is 6.18. The molecule has 0 N–H and O–H groups in total. The number of carbonyl (C=O) groups excluding carboxylic acids is 2. The number of esters is 1. The lowest BCUT2D eigenvalue weighted by Crippen LogP contribution is -2.17. The highest BCUT2D eigenvalue weighted by atomic mass is 35.5. The van der Waals surface area contributed by atoms with E-state index in [2.05, 4.69) is 0 Å². The minimum absolute atomic E-state index is 0.00631. The normalized spacial score (nSPS) is 12.1. The number of ketones is 1. The summed E-state index contributed by atoms with van der Waals surface area (Å²) < 4.78 is 12.3. The summed E-state index contributed by atoms with van der Waals surface area (Å²) in [6.07, 6.45) is 0. The predicted molar refractivity (Wildman–Crippen MR) is 107 cm³/mol. The van der Waals surface area contributed by atoms with Gasteiger partial charge in [-0.15, -0.1) is 0 Å². The smallest absolute Gasteiger partial charge is 0.341 e. The maximum absolute atomic E-state index is 12.6. The van der Waals surface area contributed by atoms with Gasteiger partial charge < -0.3 is 14.0 Å². The van der Waals surface area contributed by atoms with Crippen LogP contribution in [0.15, 0.2) is 18.2 Å². The van der Waals surface area contributed by atoms with Gasteiger partial charge in [-0.25, -0.2) is 4.79 Å². The van der Waals surface area contributed by atoms with Crippen LogP contribution in [-0.4, -0.2) is 36.6 Å². The molecule has 0 bridgehead atoms. The van der Waals surface area contributed by atoms with Crippen LogP contribution >= 0.6 is 34.8 Å². The molecule has 0 spiro atoms. The Kier molecular flexibility index (Phi) is 7.34. The van der Waals surface area contributed by atoms with E-state index in [1.165, 1.54) is 12.1 Å². The first-order chi connectivity index (χ1) is 12.7. The summed E-state index contributed by atoms with van der Waals surface area (Å²) in [4.78, 5) is 24.9. The van der Waals surface area contributed by atoms with Crippen LogP contribution in [0.3, 0.4) is 0 Å². The van der Waals surface area contributed by atoms with Crippen molar-refractivity contribution in [2.24, 2.45) is 0 Å². The molecule has 0 radical (unpaired) electrons. The fourth-order valence-electron chi connectivity index (χ4n) is 3.05. The second-order valence-corrected chi connectivity index (χ2v) is 7.37. The van der Waals surface area contributed by atoms with Crippen LogP contribution in [-0.2, 0) is 9.47 Å². The van der Waals surface area contributed by atoms with Gasteiger partial charge in [0.15, 0.2) is 6.61 Å². The number of ether oxygens (including phenoxy) is 2. The third-order valence-electron chi connectivity index (χ3n) is 4.22. The summed E-state index contributed by atoms with van der Waals surface area (Å²) in [7, 11) is 1.63. The predicted octanol–water partition coefficient (Wildman–Crippen LogP) is 5.31. The first-order valence-electron chi connectivity index (χ1n) is 8.20. The van der Waals surface area contributed by atoms with Crippen LogP contribution < -0.4 is 0 Å². The van der Waals surface area contributed by atoms with Crippen molar-refractivity contribution in [1.29, 1.82) is 0 Å². The third-order valence-corrected chi connectivity index (χ3v) is 5.34. The summed E-state index contributed by atoms with van der Waals surface area (Å²) in [5.41, 5.74) is 2.15. The van der Waals surface area contributed by atoms with E-state index in [0.29, 0.717) is 12.2 Å². The zero-order chi connectivity index (χ0) is 20.3. The van der Waals surface area contributed by atoms with E-state index in [4.69, 9.17) is 44.3 Å². The van der Waals surface area contributed by atoms with Crippen molar-refractivity contribution in [2.45, 2.75) is 26.8 Å². The molecule has 1 aromatic heterocycles. The van der Waals surface area contributed by atoms with Crippen LogP contribution in [0.4, 0.5) is 0 Å². The Balaban J connectivity index is 2.16. The van der Waals surface area contributed by atoms with Crippen molar-refractivity contribution in [1.82, 2.24) is 4.57 Å². The van der Waals surface area contributed by atoms with Crippen molar-refractivity contribution in [3.8, 4) is 0 Å². The Morgan fingerprint density at radius 1 is 1.15 bits per heavy atom. The van der Waals surface area contributed by atoms with Crippen LogP contribution in [0, 0.1) is 13.8 Å². The Hall–Kier alpha value is -1.53. The van der Waals surface area contributed by atoms with Gasteiger partial charge in [-0.1, -0.05) is 34.8 Å². The topological polar surface area (TPSA) is 57.5 Å². The molecular formula is C19H20Cl3NO4. The number of methoxy groups -OCH3 is 1. The van der Waals surface area contributed by atoms with Gasteiger partial charge in [0.25, 0.3) is 0 Å². The molecule has 0 aliphatic heterocycles. The van der Waals surface area contributed by atoms with E-state index in [9.17, 15) is 9.59 Å². The lowest BCUT2D eigenvalue weighted by Gasteiger charge is -2.17. The van der Waals surface area contributed by atoms with Gasteiger partial charge in [0, 0.05) is 24.1 Å². The molecule has 0 aliphatic carbocycles. The SMILES string of the molecule is COCC(C)n1c(C)cc(C(=O)COC(=O)c2c(Cl)ccc(Cl)c2Cl)c1C. The standard InChI is InChI=1S/C19H20Cl3NO4/c1-10-7-13(12(3)23(10)11(2)8-26-4)16(24)9-27-19(25)17-14(20)5-6-15(21)18(17)22/h5-7,11H,8-9H2,1-4H3. The molecular weight excluding hydrogens is 413 g/mol. The van der Waals surface area contributed by atoms with Gasteiger partial charge in [0.05, 0.1) is 33.3 Å². The highest BCUT2D eigenvalue weighted by molar-refractivity contribution is 6.46. The maximum atomic E-state index is 12.6. The van der Waals surface area contributed by atoms with Crippen molar-refractivity contribution in [3.63, 3.8) is 0 Å². The number of aryl methyl sites for hydroxylation is 1. The molecule has 0 amide bonds. The van der Waals surface area contributed by atoms with Crippen molar-refractivity contribution in [2.75, 3.05) is 20.3 Å². The van der Waals surface area contributed by atoms with Crippen LogP contribution in [0.1, 0.15) is 45.1 Å². The highest BCUT2D eigenvalue weighted by Gasteiger charge is 2.22. The minimum Gasteiger partial charge on any atom is -0.454 e. The number of carbonyl (C=O) groups is 2. The molecule has 1 atom stereocenters. The largest absolute Gasteiger partial charge is 0.454 e. The number of rotatable bonds is 7. The fraction of sp³-hybridized carbons (Fsp3) is 0.368. The number of aromatic nitrogens is 1. The van der Waals surface area contributed by atoms with E-state index in [-0.39, 0.29) is 32.5 Å². The summed E-state index contributed by atoms with van der Waals surface area (Å²) in [6, 6.07) is 4.77. The second kappa shape index (κ2) is 9.11. The van der Waals surface area contributed by atoms with Gasteiger partial charge in [0.1, 0.15) is 0 Å². The van der Waals surface area contributed by atoms with Crippen LogP contribution in [0.5, 0.6) is 0 Å². The maximum Gasteiger partial charge on any atom is 0.341 e. The number of Topliss-reactive ketones (excluding diaryl/α,β-unsaturated/α-hetero) is 1. The number of hydrogen-bond donors (Lipinski definition) is 0. The average Bonchev–Trinajstić information content (AvgIpc) is 2.91. The Morgan fingerprint density at radius 3 is 2.41 bits per heavy atom. The molecule has 0 saturated heterocycles. The minimum atomic E-state index is -0.803. The highest BCUT2D eigenvalue weighted by Crippen LogP contribution is 2.32. The summed E-state index contributed by atoms with van der Waals surface area (Å²) in [5.74, 6) is -1.12. The van der Waals surface area contributed by atoms with E-state index in [0.717, 1.165) is 11.4 Å². The van der Waals surface area contributed by atoms with E-state index in [1.54, 1.807) is 13.2 Å². The van der Waals surface area contributed by atoms with Crippen LogP contribution in [0.2, 0.25) is 15.1 Å². The number of halogens is 3. The molecule has 0 aliphatic rings. The van der Waals surface area contributed by atoms with Gasteiger partial charge in [-0.2, -0.15) is 0 Å². The van der Waals surface area contributed by atoms with Gasteiger partial charge >= 0.3 is 5.97 Å². The number of nitrogens with zero attached hydrogens (tertiary/aromatic N) is 1. The quantitative estimate of drug-likeness (QED) is 0.338. The van der Waals surface area contributed by atoms with Gasteiger partial charge in [-0.3, -0.25) is 4.79 Å². The van der Waals surface area contributed by atoms with E-state index < -0.39 is 12.6 Å². The third kappa shape index (κ3) is 4.66. The molecule has 2 aromatic rings. The Morgan fingerprint density at radius 2 is 1.78 bits per heavy atom. The molecule has 146 valence electrons. The molecule has 8 heteroatoms. The van der Waals surface area contributed by atoms with Crippen molar-refractivity contribution in [3.05, 3.63) is 55.8 Å². The molecule has 0 fully saturated rings. The molecule has 2 rings (SSSR count). The Bertz CT molecular complexity index is 876. The lowest BCUT2D eigenvalue weighted by atomic mass is 10.1. The zero-order valence-electron chi connectivity index (χ0n) is 15.4. The summed E-state index contributed by atoms with van der Waals surface area (Å²) in [6.45, 7) is 5.85. The zero-order valence-corrected chi connectivity index (χ0v) is 17.7. The number of hydrogen-bond acceptors (Lipinski definition) is 4. The molecule has 1 unspecified atom stereocenters. The lowest BCUT2D eigenvalue weighted by molar-refractivity contribution is 0.0475. The summed E-state index contributed by atoms with van der Waals surface area (Å²) >= 11 is 17.9. The molecule has 1 aromatic carbocycles. The molecule has 0 saturated carbocycles. The van der Waals surface area contributed by atoms with Crippen LogP contribution in [0.25, 0.3) is 0 Å². The van der Waals surface area contributed by atoms with E-state index >= 15 is 0 Å². The first-order valence-corrected chi connectivity index (χ1v) is 9.33. The number of benzene rings is 1. The van der Waals surface area contributed by atoms with Gasteiger partial charge in [0.2, 0.25) is 5.78 Å². The monoisotopic (exact) mass is 431 g/mol. The average molecular weight is 433 g/mol. The Labute approximate surface area is 173 Å². The van der Waals surface area contributed by atoms with Crippen molar-refractivity contribution >= 4 is 46.6 Å².